The van der Waals surface area contributed by atoms with Crippen molar-refractivity contribution in [2.75, 3.05) is 10.8 Å². The quantitative estimate of drug-likeness (QED) is 0.234. The van der Waals surface area contributed by atoms with Gasteiger partial charge in [0.1, 0.15) is 12.6 Å². The van der Waals surface area contributed by atoms with E-state index in [4.69, 9.17) is 34.8 Å². The fraction of sp³-hybridized carbons (Fsp3) is 0.355. The van der Waals surface area contributed by atoms with Crippen molar-refractivity contribution in [3.05, 3.63) is 92.9 Å². The highest BCUT2D eigenvalue weighted by atomic mass is 35.5. The second-order valence-electron chi connectivity index (χ2n) is 10.8. The largest absolute Gasteiger partial charge is 0.416 e. The molecule has 1 aliphatic rings. The Balaban J connectivity index is 1.76. The second kappa shape index (κ2) is 14.6. The zero-order valence-electron chi connectivity index (χ0n) is 24.2. The molecule has 3 aromatic rings. The maximum Gasteiger partial charge on any atom is 0.416 e. The summed E-state index contributed by atoms with van der Waals surface area (Å²) in [5.41, 5.74) is -1.21. The minimum atomic E-state index is -4.82. The van der Waals surface area contributed by atoms with Crippen molar-refractivity contribution < 1.29 is 31.2 Å². The first-order valence-corrected chi connectivity index (χ1v) is 16.7. The molecule has 45 heavy (non-hydrogen) atoms. The maximum absolute atomic E-state index is 14.1. The van der Waals surface area contributed by atoms with Crippen LogP contribution in [-0.2, 0) is 32.3 Å². The average molecular weight is 705 g/mol. The van der Waals surface area contributed by atoms with Crippen LogP contribution in [0.5, 0.6) is 0 Å². The zero-order chi connectivity index (χ0) is 32.9. The van der Waals surface area contributed by atoms with Crippen molar-refractivity contribution in [3.63, 3.8) is 0 Å². The van der Waals surface area contributed by atoms with Crippen LogP contribution in [0.2, 0.25) is 15.1 Å². The SMILES string of the molecule is C[C@@H](C(=O)NC1CCCCC1)N(Cc1ccc(Cl)c(Cl)c1)C(=O)CN(c1cc(C(F)(F)F)ccc1Cl)S(=O)(=O)c1ccccc1. The molecule has 242 valence electrons. The van der Waals surface area contributed by atoms with Crippen molar-refractivity contribution in [1.82, 2.24) is 10.2 Å². The number of benzene rings is 3. The molecule has 2 amide bonds. The van der Waals surface area contributed by atoms with Crippen LogP contribution in [0, 0.1) is 0 Å². The van der Waals surface area contributed by atoms with E-state index >= 15 is 0 Å². The molecule has 1 saturated carbocycles. The summed E-state index contributed by atoms with van der Waals surface area (Å²) in [6.45, 7) is 0.367. The topological polar surface area (TPSA) is 86.8 Å². The van der Waals surface area contributed by atoms with E-state index in [1.54, 1.807) is 12.1 Å². The van der Waals surface area contributed by atoms with Crippen molar-refractivity contribution in [2.24, 2.45) is 0 Å². The molecule has 0 aliphatic heterocycles. The molecule has 0 aromatic heterocycles. The number of nitrogens with zero attached hydrogens (tertiary/aromatic N) is 2. The van der Waals surface area contributed by atoms with Gasteiger partial charge in [0.05, 0.1) is 31.2 Å². The molecule has 1 aliphatic carbocycles. The Kier molecular flexibility index (Phi) is 11.3. The van der Waals surface area contributed by atoms with Gasteiger partial charge in [0.25, 0.3) is 10.0 Å². The lowest BCUT2D eigenvalue weighted by atomic mass is 9.95. The lowest BCUT2D eigenvalue weighted by molar-refractivity contribution is -0.139. The first-order valence-electron chi connectivity index (χ1n) is 14.2. The van der Waals surface area contributed by atoms with Crippen molar-refractivity contribution >= 4 is 62.3 Å². The molecule has 4 rings (SSSR count). The van der Waals surface area contributed by atoms with E-state index in [-0.39, 0.29) is 32.5 Å². The average Bonchev–Trinajstić information content (AvgIpc) is 3.00. The highest BCUT2D eigenvalue weighted by Gasteiger charge is 2.36. The van der Waals surface area contributed by atoms with Gasteiger partial charge in [0.2, 0.25) is 11.8 Å². The summed E-state index contributed by atoms with van der Waals surface area (Å²) in [6.07, 6.45) is -0.276. The van der Waals surface area contributed by atoms with E-state index in [0.717, 1.165) is 49.1 Å². The van der Waals surface area contributed by atoms with Crippen molar-refractivity contribution in [2.45, 2.75) is 68.7 Å². The molecule has 0 heterocycles. The monoisotopic (exact) mass is 703 g/mol. The van der Waals surface area contributed by atoms with Crippen LogP contribution in [0.4, 0.5) is 18.9 Å². The Labute approximate surface area is 275 Å². The van der Waals surface area contributed by atoms with Gasteiger partial charge in [-0.3, -0.25) is 13.9 Å². The molecule has 0 bridgehead atoms. The third-order valence-electron chi connectivity index (χ3n) is 7.61. The number of amides is 2. The fourth-order valence-corrected chi connectivity index (χ4v) is 7.14. The van der Waals surface area contributed by atoms with Gasteiger partial charge in [-0.2, -0.15) is 13.2 Å². The number of halogens is 6. The lowest BCUT2D eigenvalue weighted by Gasteiger charge is -2.33. The van der Waals surface area contributed by atoms with Crippen LogP contribution >= 0.6 is 34.8 Å². The number of sulfonamides is 1. The summed E-state index contributed by atoms with van der Waals surface area (Å²) in [5.74, 6) is -1.31. The molecular formula is C31H31Cl3F3N3O4S. The number of carbonyl (C=O) groups is 2. The van der Waals surface area contributed by atoms with Crippen LogP contribution in [0.15, 0.2) is 71.6 Å². The number of hydrogen-bond donors (Lipinski definition) is 1. The molecule has 7 nitrogen and oxygen atoms in total. The lowest BCUT2D eigenvalue weighted by Crippen LogP contribution is -2.53. The highest BCUT2D eigenvalue weighted by Crippen LogP contribution is 2.37. The number of hydrogen-bond acceptors (Lipinski definition) is 4. The predicted molar refractivity (Wildman–Crippen MR) is 169 cm³/mol. The Morgan fingerprint density at radius 2 is 1.56 bits per heavy atom. The molecule has 14 heteroatoms. The first kappa shape index (κ1) is 34.9. The Morgan fingerprint density at radius 1 is 0.911 bits per heavy atom. The minimum Gasteiger partial charge on any atom is -0.352 e. The van der Waals surface area contributed by atoms with Gasteiger partial charge in [-0.15, -0.1) is 0 Å². The number of rotatable bonds is 10. The summed E-state index contributed by atoms with van der Waals surface area (Å²) < 4.78 is 69.5. The summed E-state index contributed by atoms with van der Waals surface area (Å²) in [4.78, 5) is 28.4. The third-order valence-corrected chi connectivity index (χ3v) is 10.4. The van der Waals surface area contributed by atoms with Gasteiger partial charge in [0, 0.05) is 12.6 Å². The summed E-state index contributed by atoms with van der Waals surface area (Å²) >= 11 is 18.6. The van der Waals surface area contributed by atoms with E-state index in [9.17, 15) is 31.2 Å². The Bertz CT molecular complexity index is 1640. The molecule has 0 saturated heterocycles. The molecule has 0 unspecified atom stereocenters. The molecule has 0 radical (unpaired) electrons. The molecule has 1 fully saturated rings. The predicted octanol–water partition coefficient (Wildman–Crippen LogP) is 7.73. The van der Waals surface area contributed by atoms with E-state index < -0.39 is 51.9 Å². The van der Waals surface area contributed by atoms with E-state index in [2.05, 4.69) is 5.32 Å². The molecular weight excluding hydrogens is 674 g/mol. The normalized spacial score (nSPS) is 14.9. The number of nitrogens with one attached hydrogen (secondary N) is 1. The molecule has 0 spiro atoms. The van der Waals surface area contributed by atoms with Crippen LogP contribution in [0.3, 0.4) is 0 Å². The number of anilines is 1. The fourth-order valence-electron chi connectivity index (χ4n) is 5.10. The van der Waals surface area contributed by atoms with E-state index in [1.807, 2.05) is 0 Å². The Hall–Kier alpha value is -2.99. The minimum absolute atomic E-state index is 0.0745. The van der Waals surface area contributed by atoms with Crippen molar-refractivity contribution in [1.29, 1.82) is 0 Å². The number of carbonyl (C=O) groups excluding carboxylic acids is 2. The van der Waals surface area contributed by atoms with Gasteiger partial charge in [-0.05, 0) is 67.8 Å². The zero-order valence-corrected chi connectivity index (χ0v) is 27.2. The van der Waals surface area contributed by atoms with Gasteiger partial charge < -0.3 is 10.2 Å². The standard InChI is InChI=1S/C31H31Cl3F3N3O4S/c1-20(30(42)38-23-8-4-2-5-9-23)39(18-21-12-14-25(32)27(34)16-21)29(41)19-40(45(43,44)24-10-6-3-7-11-24)28-17-22(31(35,36)37)13-15-26(28)33/h3,6-7,10-17,20,23H,2,4-5,8-9,18-19H2,1H3,(H,38,42)/t20-/m0/s1. The van der Waals surface area contributed by atoms with Crippen molar-refractivity contribution in [3.8, 4) is 0 Å². The molecule has 1 atom stereocenters. The van der Waals surface area contributed by atoms with Gasteiger partial charge in [-0.1, -0.05) is 78.3 Å². The molecule has 1 N–H and O–H groups in total. The van der Waals surface area contributed by atoms with Gasteiger partial charge in [0.15, 0.2) is 0 Å². The summed E-state index contributed by atoms with van der Waals surface area (Å²) in [5, 5.41) is 3.12. The van der Waals surface area contributed by atoms with Crippen LogP contribution < -0.4 is 9.62 Å². The summed E-state index contributed by atoms with van der Waals surface area (Å²) in [7, 11) is -4.63. The van der Waals surface area contributed by atoms with Crippen LogP contribution in [0.25, 0.3) is 0 Å². The van der Waals surface area contributed by atoms with Crippen LogP contribution in [0.1, 0.15) is 50.2 Å². The molecule has 3 aromatic carbocycles. The van der Waals surface area contributed by atoms with Crippen LogP contribution in [-0.4, -0.2) is 43.8 Å². The third kappa shape index (κ3) is 8.64. The Morgan fingerprint density at radius 3 is 2.18 bits per heavy atom. The summed E-state index contributed by atoms with van der Waals surface area (Å²) in [6, 6.07) is 12.6. The smallest absolute Gasteiger partial charge is 0.352 e. The second-order valence-corrected chi connectivity index (χ2v) is 13.9. The maximum atomic E-state index is 14.1. The first-order chi connectivity index (χ1) is 21.2. The highest BCUT2D eigenvalue weighted by molar-refractivity contribution is 7.92. The van der Waals surface area contributed by atoms with E-state index in [1.165, 1.54) is 43.3 Å². The van der Waals surface area contributed by atoms with Gasteiger partial charge >= 0.3 is 6.18 Å². The van der Waals surface area contributed by atoms with E-state index in [0.29, 0.717) is 15.9 Å². The van der Waals surface area contributed by atoms with Gasteiger partial charge in [-0.25, -0.2) is 8.42 Å². The number of alkyl halides is 3.